The third-order valence-corrected chi connectivity index (χ3v) is 3.77. The van der Waals surface area contributed by atoms with Crippen molar-refractivity contribution < 1.29 is 18.0 Å². The van der Waals surface area contributed by atoms with Crippen molar-refractivity contribution in [2.24, 2.45) is 0 Å². The lowest BCUT2D eigenvalue weighted by Gasteiger charge is -2.10. The number of anilines is 1. The number of halogens is 4. The normalized spacial score (nSPS) is 10.4. The summed E-state index contributed by atoms with van der Waals surface area (Å²) in [5.41, 5.74) is 0.727. The number of hydrogen-bond acceptors (Lipinski definition) is 1. The summed E-state index contributed by atoms with van der Waals surface area (Å²) in [5.74, 6) is -5.37. The molecule has 0 aromatic heterocycles. The average molecular weight is 344 g/mol. The highest BCUT2D eigenvalue weighted by Crippen LogP contribution is 2.26. The lowest BCUT2D eigenvalue weighted by atomic mass is 10.1. The van der Waals surface area contributed by atoms with Crippen LogP contribution < -0.4 is 5.32 Å². The quantitative estimate of drug-likeness (QED) is 0.803. The number of amides is 1. The molecule has 0 heterocycles. The first-order valence-corrected chi connectivity index (χ1v) is 6.41. The third-order valence-electron chi connectivity index (χ3n) is 2.72. The molecule has 20 heavy (non-hydrogen) atoms. The first-order valence-electron chi connectivity index (χ1n) is 5.61. The van der Waals surface area contributed by atoms with Crippen molar-refractivity contribution in [2.45, 2.75) is 6.92 Å². The molecular weight excluding hydrogens is 335 g/mol. The van der Waals surface area contributed by atoms with Crippen molar-refractivity contribution >= 4 is 27.5 Å². The Bertz CT molecular complexity index is 688. The molecule has 0 aliphatic carbocycles. The van der Waals surface area contributed by atoms with Gasteiger partial charge >= 0.3 is 0 Å². The van der Waals surface area contributed by atoms with Crippen LogP contribution in [0.1, 0.15) is 15.9 Å². The number of aryl methyl sites for hydroxylation is 1. The standard InChI is InChI=1S/C14H9BrF3NO/c1-7-3-2-4-10(11(7)15)19-14(20)8-5-6-9(16)13(18)12(8)17/h2-6H,1H3,(H,19,20). The lowest BCUT2D eigenvalue weighted by molar-refractivity contribution is 0.102. The van der Waals surface area contributed by atoms with Gasteiger partial charge in [-0.3, -0.25) is 4.79 Å². The molecule has 2 nitrogen and oxygen atoms in total. The van der Waals surface area contributed by atoms with Gasteiger partial charge in [0.1, 0.15) is 0 Å². The van der Waals surface area contributed by atoms with Crippen LogP contribution >= 0.6 is 15.9 Å². The minimum atomic E-state index is -1.67. The molecule has 0 aliphatic rings. The summed E-state index contributed by atoms with van der Waals surface area (Å²) in [7, 11) is 0. The Balaban J connectivity index is 2.34. The maximum Gasteiger partial charge on any atom is 0.258 e. The molecule has 0 aliphatic heterocycles. The SMILES string of the molecule is Cc1cccc(NC(=O)c2ccc(F)c(F)c2F)c1Br. The fraction of sp³-hybridized carbons (Fsp3) is 0.0714. The Labute approximate surface area is 121 Å². The molecule has 0 unspecified atom stereocenters. The molecule has 0 spiro atoms. The maximum atomic E-state index is 13.5. The second kappa shape index (κ2) is 5.66. The molecule has 2 aromatic carbocycles. The van der Waals surface area contributed by atoms with Gasteiger partial charge in [-0.05, 0) is 46.6 Å². The van der Waals surface area contributed by atoms with Gasteiger partial charge < -0.3 is 5.32 Å². The van der Waals surface area contributed by atoms with E-state index in [2.05, 4.69) is 21.2 Å². The van der Waals surface area contributed by atoms with Crippen molar-refractivity contribution in [3.8, 4) is 0 Å². The number of nitrogens with one attached hydrogen (secondary N) is 1. The molecule has 0 saturated heterocycles. The molecule has 0 atom stereocenters. The first kappa shape index (κ1) is 14.6. The van der Waals surface area contributed by atoms with E-state index in [1.165, 1.54) is 0 Å². The zero-order valence-corrected chi connectivity index (χ0v) is 11.9. The molecule has 2 aromatic rings. The van der Waals surface area contributed by atoms with Crippen molar-refractivity contribution in [3.05, 3.63) is 63.4 Å². The Morgan fingerprint density at radius 2 is 1.80 bits per heavy atom. The van der Waals surface area contributed by atoms with Crippen LogP contribution in [0.25, 0.3) is 0 Å². The monoisotopic (exact) mass is 343 g/mol. The summed E-state index contributed by atoms with van der Waals surface area (Å²) in [6.45, 7) is 1.82. The van der Waals surface area contributed by atoms with Crippen molar-refractivity contribution in [3.63, 3.8) is 0 Å². The van der Waals surface area contributed by atoms with Crippen LogP contribution in [-0.2, 0) is 0 Å². The van der Waals surface area contributed by atoms with Gasteiger partial charge in [-0.1, -0.05) is 12.1 Å². The van der Waals surface area contributed by atoms with Gasteiger partial charge in [-0.15, -0.1) is 0 Å². The van der Waals surface area contributed by atoms with Gasteiger partial charge in [0.05, 0.1) is 11.3 Å². The van der Waals surface area contributed by atoms with Crippen LogP contribution in [-0.4, -0.2) is 5.91 Å². The summed E-state index contributed by atoms with van der Waals surface area (Å²) >= 11 is 3.28. The zero-order chi connectivity index (χ0) is 14.9. The Hall–Kier alpha value is -1.82. The van der Waals surface area contributed by atoms with Gasteiger partial charge in [-0.25, -0.2) is 13.2 Å². The Morgan fingerprint density at radius 3 is 2.50 bits per heavy atom. The molecule has 104 valence electrons. The van der Waals surface area contributed by atoms with E-state index in [-0.39, 0.29) is 0 Å². The zero-order valence-electron chi connectivity index (χ0n) is 10.3. The second-order valence-electron chi connectivity index (χ2n) is 4.11. The van der Waals surface area contributed by atoms with E-state index >= 15 is 0 Å². The van der Waals surface area contributed by atoms with E-state index in [0.29, 0.717) is 16.2 Å². The van der Waals surface area contributed by atoms with E-state index in [9.17, 15) is 18.0 Å². The highest BCUT2D eigenvalue weighted by atomic mass is 79.9. The maximum absolute atomic E-state index is 13.5. The number of hydrogen-bond donors (Lipinski definition) is 1. The van der Waals surface area contributed by atoms with Crippen LogP contribution in [0.3, 0.4) is 0 Å². The lowest BCUT2D eigenvalue weighted by Crippen LogP contribution is -2.15. The number of carbonyl (C=O) groups is 1. The molecule has 0 bridgehead atoms. The largest absolute Gasteiger partial charge is 0.321 e. The molecule has 0 fully saturated rings. The fourth-order valence-corrected chi connectivity index (χ4v) is 2.00. The summed E-state index contributed by atoms with van der Waals surface area (Å²) in [5, 5.41) is 2.44. The Kier molecular flexibility index (Phi) is 4.13. The van der Waals surface area contributed by atoms with E-state index in [1.54, 1.807) is 12.1 Å². The summed E-state index contributed by atoms with van der Waals surface area (Å²) < 4.78 is 40.1. The van der Waals surface area contributed by atoms with Gasteiger partial charge in [0, 0.05) is 4.47 Å². The van der Waals surface area contributed by atoms with E-state index in [1.807, 2.05) is 13.0 Å². The molecule has 1 amide bonds. The number of benzene rings is 2. The van der Waals surface area contributed by atoms with E-state index in [0.717, 1.165) is 11.6 Å². The van der Waals surface area contributed by atoms with Crippen LogP contribution in [0, 0.1) is 24.4 Å². The van der Waals surface area contributed by atoms with Gasteiger partial charge in [-0.2, -0.15) is 0 Å². The van der Waals surface area contributed by atoms with Crippen molar-refractivity contribution in [1.29, 1.82) is 0 Å². The highest BCUT2D eigenvalue weighted by Gasteiger charge is 2.19. The smallest absolute Gasteiger partial charge is 0.258 e. The van der Waals surface area contributed by atoms with Crippen LogP contribution in [0.5, 0.6) is 0 Å². The molecule has 6 heteroatoms. The predicted molar refractivity (Wildman–Crippen MR) is 73.1 cm³/mol. The van der Waals surface area contributed by atoms with Crippen molar-refractivity contribution in [2.75, 3.05) is 5.32 Å². The molecular formula is C14H9BrF3NO. The van der Waals surface area contributed by atoms with Gasteiger partial charge in [0.15, 0.2) is 17.5 Å². The number of carbonyl (C=O) groups excluding carboxylic acids is 1. The number of rotatable bonds is 2. The fourth-order valence-electron chi connectivity index (χ4n) is 1.63. The van der Waals surface area contributed by atoms with Crippen LogP contribution in [0.15, 0.2) is 34.8 Å². The average Bonchev–Trinajstić information content (AvgIpc) is 2.41. The van der Waals surface area contributed by atoms with E-state index < -0.39 is 28.9 Å². The topological polar surface area (TPSA) is 29.1 Å². The second-order valence-corrected chi connectivity index (χ2v) is 4.91. The Morgan fingerprint density at radius 1 is 1.10 bits per heavy atom. The summed E-state index contributed by atoms with van der Waals surface area (Å²) in [6, 6.07) is 6.73. The van der Waals surface area contributed by atoms with Gasteiger partial charge in [0.2, 0.25) is 0 Å². The minimum absolute atomic E-state index is 0.416. The molecule has 2 rings (SSSR count). The molecule has 0 saturated carbocycles. The summed E-state index contributed by atoms with van der Waals surface area (Å²) in [4.78, 5) is 11.9. The molecule has 0 radical (unpaired) electrons. The molecule has 1 N–H and O–H groups in total. The minimum Gasteiger partial charge on any atom is -0.321 e. The van der Waals surface area contributed by atoms with Crippen molar-refractivity contribution in [1.82, 2.24) is 0 Å². The third kappa shape index (κ3) is 2.70. The van der Waals surface area contributed by atoms with E-state index in [4.69, 9.17) is 0 Å². The highest BCUT2D eigenvalue weighted by molar-refractivity contribution is 9.10. The predicted octanol–water partition coefficient (Wildman–Crippen LogP) is 4.43. The summed E-state index contributed by atoms with van der Waals surface area (Å²) in [6.07, 6.45) is 0. The van der Waals surface area contributed by atoms with Crippen LogP contribution in [0.2, 0.25) is 0 Å². The first-order chi connectivity index (χ1) is 9.41. The van der Waals surface area contributed by atoms with Crippen LogP contribution in [0.4, 0.5) is 18.9 Å². The van der Waals surface area contributed by atoms with Gasteiger partial charge in [0.25, 0.3) is 5.91 Å².